The van der Waals surface area contributed by atoms with Crippen molar-refractivity contribution in [2.45, 2.75) is 52.9 Å². The van der Waals surface area contributed by atoms with Crippen molar-refractivity contribution in [3.05, 3.63) is 36.0 Å². The number of aromatic nitrogens is 1. The van der Waals surface area contributed by atoms with Crippen LogP contribution in [-0.2, 0) is 4.79 Å². The SMILES string of the molecule is CC(=O)Nc1nccc2c1C(C)Oc1cc(O[C@@](C)(CC(C)C)NC(=O)O)ccc1-2. The van der Waals surface area contributed by atoms with Crippen molar-refractivity contribution < 1.29 is 24.2 Å². The number of hydrogen-bond donors (Lipinski definition) is 3. The van der Waals surface area contributed by atoms with Crippen LogP contribution in [0, 0.1) is 5.92 Å². The van der Waals surface area contributed by atoms with E-state index in [0.29, 0.717) is 23.7 Å². The van der Waals surface area contributed by atoms with E-state index in [9.17, 15) is 14.7 Å². The number of hydrogen-bond acceptors (Lipinski definition) is 5. The molecule has 2 atom stereocenters. The van der Waals surface area contributed by atoms with Crippen LogP contribution in [0.1, 0.15) is 52.7 Å². The predicted molar refractivity (Wildman–Crippen MR) is 113 cm³/mol. The van der Waals surface area contributed by atoms with Gasteiger partial charge in [-0.15, -0.1) is 0 Å². The molecule has 160 valence electrons. The molecular weight excluding hydrogens is 386 g/mol. The van der Waals surface area contributed by atoms with Crippen molar-refractivity contribution in [2.24, 2.45) is 5.92 Å². The summed E-state index contributed by atoms with van der Waals surface area (Å²) >= 11 is 0. The lowest BCUT2D eigenvalue weighted by atomic mass is 9.94. The van der Waals surface area contributed by atoms with Crippen LogP contribution in [0.3, 0.4) is 0 Å². The smallest absolute Gasteiger partial charge is 0.407 e. The maximum atomic E-state index is 11.5. The third-order valence-corrected chi connectivity index (χ3v) is 4.75. The van der Waals surface area contributed by atoms with Gasteiger partial charge < -0.3 is 19.9 Å². The number of ether oxygens (including phenoxy) is 2. The van der Waals surface area contributed by atoms with Gasteiger partial charge in [0.05, 0.1) is 0 Å². The zero-order valence-electron chi connectivity index (χ0n) is 17.8. The van der Waals surface area contributed by atoms with Gasteiger partial charge in [0.25, 0.3) is 0 Å². The second-order valence-electron chi connectivity index (χ2n) is 8.08. The Kier molecular flexibility index (Phi) is 5.87. The fraction of sp³-hybridized carbons (Fsp3) is 0.409. The summed E-state index contributed by atoms with van der Waals surface area (Å²) in [5.74, 6) is 1.62. The zero-order chi connectivity index (χ0) is 22.1. The van der Waals surface area contributed by atoms with E-state index in [1.165, 1.54) is 6.92 Å². The average Bonchev–Trinajstić information content (AvgIpc) is 2.59. The van der Waals surface area contributed by atoms with Gasteiger partial charge in [-0.2, -0.15) is 0 Å². The fourth-order valence-electron chi connectivity index (χ4n) is 3.91. The Balaban J connectivity index is 1.96. The highest BCUT2D eigenvalue weighted by Crippen LogP contribution is 2.46. The standard InChI is InChI=1S/C22H27N3O5/c1-12(2)11-22(5,25-21(27)28)30-15-6-7-16-17-8-9-23-20(24-14(4)26)19(17)13(3)29-18(16)10-15/h6-10,12-13,25H,11H2,1-5H3,(H,27,28)(H,23,24,26)/t13?,22-/m0/s1. The topological polar surface area (TPSA) is 110 Å². The van der Waals surface area contributed by atoms with Gasteiger partial charge in [0.15, 0.2) is 5.72 Å². The molecule has 0 saturated heterocycles. The summed E-state index contributed by atoms with van der Waals surface area (Å²) < 4.78 is 12.1. The molecule has 30 heavy (non-hydrogen) atoms. The molecule has 0 spiro atoms. The molecule has 2 heterocycles. The minimum Gasteiger partial charge on any atom is -0.485 e. The molecule has 3 N–H and O–H groups in total. The number of nitrogens with zero attached hydrogens (tertiary/aromatic N) is 1. The molecule has 1 aromatic heterocycles. The Morgan fingerprint density at radius 3 is 2.67 bits per heavy atom. The van der Waals surface area contributed by atoms with Gasteiger partial charge >= 0.3 is 6.09 Å². The largest absolute Gasteiger partial charge is 0.485 e. The predicted octanol–water partition coefficient (Wildman–Crippen LogP) is 4.57. The average molecular weight is 413 g/mol. The number of rotatable bonds is 6. The van der Waals surface area contributed by atoms with Crippen molar-refractivity contribution in [1.82, 2.24) is 10.3 Å². The minimum atomic E-state index is -1.15. The Labute approximate surface area is 175 Å². The molecule has 1 unspecified atom stereocenters. The molecule has 0 fully saturated rings. The van der Waals surface area contributed by atoms with Crippen LogP contribution in [0.4, 0.5) is 10.6 Å². The molecule has 8 heteroatoms. The van der Waals surface area contributed by atoms with Crippen LogP contribution >= 0.6 is 0 Å². The van der Waals surface area contributed by atoms with Crippen LogP contribution in [0.25, 0.3) is 11.1 Å². The number of anilines is 1. The van der Waals surface area contributed by atoms with Crippen molar-refractivity contribution in [3.8, 4) is 22.6 Å². The maximum absolute atomic E-state index is 11.5. The van der Waals surface area contributed by atoms with Gasteiger partial charge in [0.2, 0.25) is 5.91 Å². The highest BCUT2D eigenvalue weighted by atomic mass is 16.5. The van der Waals surface area contributed by atoms with E-state index < -0.39 is 11.8 Å². The number of benzene rings is 1. The molecule has 1 aliphatic heterocycles. The van der Waals surface area contributed by atoms with Crippen LogP contribution < -0.4 is 20.1 Å². The first-order chi connectivity index (χ1) is 14.1. The highest BCUT2D eigenvalue weighted by molar-refractivity contribution is 5.91. The third kappa shape index (κ3) is 4.64. The molecule has 1 aliphatic rings. The van der Waals surface area contributed by atoms with Gasteiger partial charge in [-0.25, -0.2) is 9.78 Å². The van der Waals surface area contributed by atoms with Crippen LogP contribution in [0.2, 0.25) is 0 Å². The Hall–Kier alpha value is -3.29. The first-order valence-electron chi connectivity index (χ1n) is 9.85. The van der Waals surface area contributed by atoms with E-state index in [0.717, 1.165) is 16.7 Å². The lowest BCUT2D eigenvalue weighted by molar-refractivity contribution is -0.114. The van der Waals surface area contributed by atoms with Gasteiger partial charge in [-0.05, 0) is 43.5 Å². The van der Waals surface area contributed by atoms with Gasteiger partial charge in [0, 0.05) is 36.7 Å². The molecule has 0 aliphatic carbocycles. The number of carboxylic acid groups (broad SMARTS) is 1. The van der Waals surface area contributed by atoms with Crippen molar-refractivity contribution in [2.75, 3.05) is 5.32 Å². The molecule has 0 bridgehead atoms. The van der Waals surface area contributed by atoms with Crippen molar-refractivity contribution >= 4 is 17.8 Å². The molecule has 2 amide bonds. The minimum absolute atomic E-state index is 0.201. The lowest BCUT2D eigenvalue weighted by Gasteiger charge is -2.33. The number of carbonyl (C=O) groups excluding carboxylic acids is 1. The molecule has 1 aromatic carbocycles. The van der Waals surface area contributed by atoms with Gasteiger partial charge in [0.1, 0.15) is 23.4 Å². The van der Waals surface area contributed by atoms with E-state index in [-0.39, 0.29) is 17.9 Å². The lowest BCUT2D eigenvalue weighted by Crippen LogP contribution is -2.51. The second-order valence-corrected chi connectivity index (χ2v) is 8.08. The monoisotopic (exact) mass is 413 g/mol. The number of fused-ring (bicyclic) bond motifs is 3. The van der Waals surface area contributed by atoms with Crippen molar-refractivity contribution in [1.29, 1.82) is 0 Å². The van der Waals surface area contributed by atoms with Gasteiger partial charge in [-0.3, -0.25) is 10.1 Å². The van der Waals surface area contributed by atoms with E-state index in [1.54, 1.807) is 25.3 Å². The molecule has 0 saturated carbocycles. The number of nitrogens with one attached hydrogen (secondary N) is 2. The molecule has 2 aromatic rings. The van der Waals surface area contributed by atoms with E-state index >= 15 is 0 Å². The number of pyridine rings is 1. The Bertz CT molecular complexity index is 975. The Morgan fingerprint density at radius 1 is 1.30 bits per heavy atom. The summed E-state index contributed by atoms with van der Waals surface area (Å²) in [6, 6.07) is 7.29. The first-order valence-corrected chi connectivity index (χ1v) is 9.85. The van der Waals surface area contributed by atoms with Crippen LogP contribution in [-0.4, -0.2) is 27.8 Å². The second kappa shape index (κ2) is 8.22. The zero-order valence-corrected chi connectivity index (χ0v) is 17.8. The highest BCUT2D eigenvalue weighted by Gasteiger charge is 2.31. The van der Waals surface area contributed by atoms with E-state index in [2.05, 4.69) is 15.6 Å². The summed E-state index contributed by atoms with van der Waals surface area (Å²) in [5, 5.41) is 14.4. The summed E-state index contributed by atoms with van der Waals surface area (Å²) in [7, 11) is 0. The van der Waals surface area contributed by atoms with E-state index in [1.807, 2.05) is 32.9 Å². The fourth-order valence-corrected chi connectivity index (χ4v) is 3.91. The Morgan fingerprint density at radius 2 is 2.03 bits per heavy atom. The van der Waals surface area contributed by atoms with Crippen LogP contribution in [0.15, 0.2) is 30.5 Å². The van der Waals surface area contributed by atoms with Gasteiger partial charge in [-0.1, -0.05) is 13.8 Å². The maximum Gasteiger partial charge on any atom is 0.407 e. The van der Waals surface area contributed by atoms with Crippen molar-refractivity contribution in [3.63, 3.8) is 0 Å². The number of amides is 2. The third-order valence-electron chi connectivity index (χ3n) is 4.75. The molecule has 3 rings (SSSR count). The molecule has 8 nitrogen and oxygen atoms in total. The quantitative estimate of drug-likeness (QED) is 0.599. The van der Waals surface area contributed by atoms with E-state index in [4.69, 9.17) is 9.47 Å². The van der Waals surface area contributed by atoms with Crippen LogP contribution in [0.5, 0.6) is 11.5 Å². The summed E-state index contributed by atoms with van der Waals surface area (Å²) in [5.41, 5.74) is 1.50. The summed E-state index contributed by atoms with van der Waals surface area (Å²) in [6.45, 7) is 9.04. The first kappa shape index (κ1) is 21.4. The molecule has 0 radical (unpaired) electrons. The summed E-state index contributed by atoms with van der Waals surface area (Å²) in [4.78, 5) is 27.1. The normalized spacial score (nSPS) is 16.5. The number of carbonyl (C=O) groups is 2. The summed E-state index contributed by atoms with van der Waals surface area (Å²) in [6.07, 6.45) is 0.667. The molecular formula is C22H27N3O5.